The SMILES string of the molecule is NC1OC(=O)C1N. The Morgan fingerprint density at radius 3 is 2.14 bits per heavy atom. The summed E-state index contributed by atoms with van der Waals surface area (Å²) in [6.45, 7) is 0. The third-order valence-electron chi connectivity index (χ3n) is 0.878. The van der Waals surface area contributed by atoms with Crippen LogP contribution in [0.15, 0.2) is 0 Å². The normalized spacial score (nSPS) is 39.4. The molecule has 1 aliphatic rings. The summed E-state index contributed by atoms with van der Waals surface area (Å²) in [5, 5.41) is 0. The number of ether oxygens (including phenoxy) is 1. The highest BCUT2D eigenvalue weighted by molar-refractivity contribution is 5.81. The Morgan fingerprint density at radius 1 is 1.57 bits per heavy atom. The Morgan fingerprint density at radius 2 is 2.14 bits per heavy atom. The first-order chi connectivity index (χ1) is 3.22. The van der Waals surface area contributed by atoms with Crippen LogP contribution in [0.2, 0.25) is 0 Å². The number of nitrogens with two attached hydrogens (primary N) is 2. The van der Waals surface area contributed by atoms with Crippen LogP contribution in [0.5, 0.6) is 0 Å². The van der Waals surface area contributed by atoms with E-state index in [0.29, 0.717) is 0 Å². The first-order valence-electron chi connectivity index (χ1n) is 1.93. The third-order valence-corrected chi connectivity index (χ3v) is 0.878. The molecular weight excluding hydrogens is 96.0 g/mol. The molecule has 4 N–H and O–H groups in total. The van der Waals surface area contributed by atoms with Gasteiger partial charge in [0.15, 0.2) is 12.3 Å². The predicted octanol–water partition coefficient (Wildman–Crippen LogP) is -1.84. The van der Waals surface area contributed by atoms with Gasteiger partial charge in [0.1, 0.15) is 0 Å². The Labute approximate surface area is 40.4 Å². The molecule has 2 unspecified atom stereocenters. The van der Waals surface area contributed by atoms with Gasteiger partial charge in [-0.05, 0) is 0 Å². The van der Waals surface area contributed by atoms with Gasteiger partial charge in [0.25, 0.3) is 0 Å². The minimum atomic E-state index is -0.583. The van der Waals surface area contributed by atoms with Crippen molar-refractivity contribution in [1.29, 1.82) is 0 Å². The van der Waals surface area contributed by atoms with Crippen molar-refractivity contribution in [2.75, 3.05) is 0 Å². The van der Waals surface area contributed by atoms with Gasteiger partial charge < -0.3 is 10.5 Å². The molecule has 2 atom stereocenters. The lowest BCUT2D eigenvalue weighted by molar-refractivity contribution is -0.173. The number of hydrogen-bond donors (Lipinski definition) is 2. The van der Waals surface area contributed by atoms with E-state index in [1.54, 1.807) is 0 Å². The smallest absolute Gasteiger partial charge is 0.329 e. The average molecular weight is 102 g/mol. The zero-order valence-corrected chi connectivity index (χ0v) is 3.63. The molecule has 0 aromatic carbocycles. The van der Waals surface area contributed by atoms with Gasteiger partial charge in [0.2, 0.25) is 0 Å². The molecule has 1 heterocycles. The number of carbonyl (C=O) groups excluding carboxylic acids is 1. The monoisotopic (exact) mass is 102 g/mol. The molecule has 0 saturated carbocycles. The Bertz CT molecular complexity index is 103. The van der Waals surface area contributed by atoms with Crippen LogP contribution in [0.3, 0.4) is 0 Å². The Balaban J connectivity index is 2.43. The maximum absolute atomic E-state index is 10.0. The maximum Gasteiger partial charge on any atom is 0.329 e. The lowest BCUT2D eigenvalue weighted by Gasteiger charge is -2.27. The Hall–Kier alpha value is -0.610. The van der Waals surface area contributed by atoms with Gasteiger partial charge in [-0.3, -0.25) is 10.5 Å². The summed E-state index contributed by atoms with van der Waals surface area (Å²) >= 11 is 0. The van der Waals surface area contributed by atoms with E-state index in [1.807, 2.05) is 0 Å². The summed E-state index contributed by atoms with van der Waals surface area (Å²) in [6, 6.07) is -0.583. The van der Waals surface area contributed by atoms with E-state index in [1.165, 1.54) is 0 Å². The zero-order chi connectivity index (χ0) is 5.44. The van der Waals surface area contributed by atoms with Crippen LogP contribution < -0.4 is 11.5 Å². The molecule has 1 aliphatic heterocycles. The molecule has 1 saturated heterocycles. The summed E-state index contributed by atoms with van der Waals surface area (Å²) in [6.07, 6.45) is -0.563. The minimum absolute atomic E-state index is 0.410. The van der Waals surface area contributed by atoms with Gasteiger partial charge >= 0.3 is 5.97 Å². The minimum Gasteiger partial charge on any atom is -0.443 e. The molecule has 4 nitrogen and oxygen atoms in total. The molecular formula is C3H6N2O2. The van der Waals surface area contributed by atoms with E-state index < -0.39 is 18.2 Å². The quantitative estimate of drug-likeness (QED) is 0.352. The average Bonchev–Trinajstić information content (AvgIpc) is 1.68. The molecule has 7 heavy (non-hydrogen) atoms. The van der Waals surface area contributed by atoms with Crippen LogP contribution in [-0.4, -0.2) is 18.2 Å². The zero-order valence-electron chi connectivity index (χ0n) is 3.63. The van der Waals surface area contributed by atoms with E-state index in [-0.39, 0.29) is 0 Å². The summed E-state index contributed by atoms with van der Waals surface area (Å²) in [5.41, 5.74) is 10.1. The summed E-state index contributed by atoms with van der Waals surface area (Å²) in [4.78, 5) is 10.0. The van der Waals surface area contributed by atoms with Crippen molar-refractivity contribution in [3.8, 4) is 0 Å². The van der Waals surface area contributed by atoms with Crippen LogP contribution in [0.25, 0.3) is 0 Å². The highest BCUT2D eigenvalue weighted by Gasteiger charge is 2.35. The van der Waals surface area contributed by atoms with Crippen LogP contribution >= 0.6 is 0 Å². The van der Waals surface area contributed by atoms with Crippen molar-refractivity contribution in [2.45, 2.75) is 12.3 Å². The first-order valence-corrected chi connectivity index (χ1v) is 1.93. The molecule has 1 rings (SSSR count). The maximum atomic E-state index is 10.0. The summed E-state index contributed by atoms with van der Waals surface area (Å²) in [7, 11) is 0. The number of rotatable bonds is 0. The molecule has 4 heteroatoms. The van der Waals surface area contributed by atoms with Crippen molar-refractivity contribution in [1.82, 2.24) is 0 Å². The Kier molecular flexibility index (Phi) is 0.765. The van der Waals surface area contributed by atoms with Crippen LogP contribution in [0, 0.1) is 0 Å². The molecule has 0 spiro atoms. The second-order valence-corrected chi connectivity index (χ2v) is 1.43. The lowest BCUT2D eigenvalue weighted by Crippen LogP contribution is -2.60. The molecule has 40 valence electrons. The standard InChI is InChI=1S/C3H6N2O2/c4-1-2(5)7-3(1)6/h1-2H,4-5H2. The highest BCUT2D eigenvalue weighted by Crippen LogP contribution is 2.04. The van der Waals surface area contributed by atoms with Crippen LogP contribution in [0.1, 0.15) is 0 Å². The van der Waals surface area contributed by atoms with E-state index >= 15 is 0 Å². The van der Waals surface area contributed by atoms with Gasteiger partial charge in [0.05, 0.1) is 0 Å². The van der Waals surface area contributed by atoms with Crippen molar-refractivity contribution < 1.29 is 9.53 Å². The van der Waals surface area contributed by atoms with E-state index in [2.05, 4.69) is 4.74 Å². The molecule has 0 radical (unpaired) electrons. The van der Waals surface area contributed by atoms with Gasteiger partial charge in [0, 0.05) is 0 Å². The second kappa shape index (κ2) is 1.18. The summed E-state index contributed by atoms with van der Waals surface area (Å²) in [5.74, 6) is -0.410. The first kappa shape index (κ1) is 4.55. The lowest BCUT2D eigenvalue weighted by atomic mass is 10.2. The van der Waals surface area contributed by atoms with Gasteiger partial charge in [-0.1, -0.05) is 0 Å². The number of carbonyl (C=O) groups is 1. The fourth-order valence-electron chi connectivity index (χ4n) is 0.348. The molecule has 0 amide bonds. The topological polar surface area (TPSA) is 78.3 Å². The largest absolute Gasteiger partial charge is 0.443 e. The summed E-state index contributed by atoms with van der Waals surface area (Å²) < 4.78 is 4.27. The van der Waals surface area contributed by atoms with Crippen LogP contribution in [0.4, 0.5) is 0 Å². The number of esters is 1. The van der Waals surface area contributed by atoms with Crippen molar-refractivity contribution >= 4 is 5.97 Å². The van der Waals surface area contributed by atoms with Crippen molar-refractivity contribution in [3.63, 3.8) is 0 Å². The highest BCUT2D eigenvalue weighted by atomic mass is 16.6. The number of hydrogen-bond acceptors (Lipinski definition) is 4. The fraction of sp³-hybridized carbons (Fsp3) is 0.667. The van der Waals surface area contributed by atoms with Crippen molar-refractivity contribution in [3.05, 3.63) is 0 Å². The molecule has 0 aliphatic carbocycles. The predicted molar refractivity (Wildman–Crippen MR) is 22.0 cm³/mol. The van der Waals surface area contributed by atoms with Gasteiger partial charge in [-0.2, -0.15) is 0 Å². The van der Waals surface area contributed by atoms with Gasteiger partial charge in [-0.25, -0.2) is 0 Å². The molecule has 0 aromatic heterocycles. The molecule has 1 fully saturated rings. The van der Waals surface area contributed by atoms with Gasteiger partial charge in [-0.15, -0.1) is 0 Å². The fourth-order valence-corrected chi connectivity index (χ4v) is 0.348. The van der Waals surface area contributed by atoms with Crippen molar-refractivity contribution in [2.24, 2.45) is 11.5 Å². The van der Waals surface area contributed by atoms with E-state index in [4.69, 9.17) is 11.5 Å². The van der Waals surface area contributed by atoms with Crippen LogP contribution in [-0.2, 0) is 9.53 Å². The third kappa shape index (κ3) is 0.477. The number of cyclic esters (lactones) is 1. The van der Waals surface area contributed by atoms with E-state index in [9.17, 15) is 4.79 Å². The van der Waals surface area contributed by atoms with E-state index in [0.717, 1.165) is 0 Å². The second-order valence-electron chi connectivity index (χ2n) is 1.43. The molecule has 0 aromatic rings. The molecule has 0 bridgehead atoms.